The lowest BCUT2D eigenvalue weighted by Gasteiger charge is -2.20. The van der Waals surface area contributed by atoms with Crippen LogP contribution in [0.4, 0.5) is 0 Å². The molecule has 0 N–H and O–H groups in total. The van der Waals surface area contributed by atoms with Crippen molar-refractivity contribution in [1.29, 1.82) is 0 Å². The fraction of sp³-hybridized carbons (Fsp3) is 1.00. The molecule has 1 fully saturated rings. The van der Waals surface area contributed by atoms with E-state index in [1.807, 2.05) is 11.8 Å². The van der Waals surface area contributed by atoms with Gasteiger partial charge in [0.25, 0.3) is 0 Å². The molecule has 4 heteroatoms. The molecule has 1 unspecified atom stereocenters. The zero-order valence-corrected chi connectivity index (χ0v) is 9.84. The van der Waals surface area contributed by atoms with Gasteiger partial charge >= 0.3 is 0 Å². The van der Waals surface area contributed by atoms with E-state index in [9.17, 15) is 0 Å². The van der Waals surface area contributed by atoms with E-state index in [0.717, 1.165) is 11.0 Å². The molecule has 0 spiro atoms. The van der Waals surface area contributed by atoms with Crippen LogP contribution < -0.4 is 0 Å². The van der Waals surface area contributed by atoms with Gasteiger partial charge in [-0.25, -0.2) is 0 Å². The van der Waals surface area contributed by atoms with Crippen molar-refractivity contribution in [1.82, 2.24) is 0 Å². The maximum Gasteiger partial charge on any atom is 0.0229 e. The van der Waals surface area contributed by atoms with Crippen molar-refractivity contribution in [2.45, 2.75) is 5.25 Å². The van der Waals surface area contributed by atoms with Crippen LogP contribution in [-0.4, -0.2) is 39.8 Å². The minimum Gasteiger partial charge on any atom is -0.179 e. The van der Waals surface area contributed by atoms with E-state index in [2.05, 4.69) is 36.2 Å². The predicted molar refractivity (Wildman–Crippen MR) is 64.7 cm³/mol. The molecule has 1 aliphatic heterocycles. The molecule has 1 aliphatic rings. The Kier molecular flexibility index (Phi) is 6.54. The van der Waals surface area contributed by atoms with Crippen molar-refractivity contribution >= 4 is 47.9 Å². The van der Waals surface area contributed by atoms with Crippen LogP contribution in [0.3, 0.4) is 0 Å². The fourth-order valence-corrected chi connectivity index (χ4v) is 5.21. The molecule has 0 aliphatic carbocycles. The van der Waals surface area contributed by atoms with Crippen molar-refractivity contribution < 1.29 is 0 Å². The molecule has 66 valence electrons. The number of hydrogen-bond acceptors (Lipinski definition) is 4. The molecule has 1 heterocycles. The predicted octanol–water partition coefficient (Wildman–Crippen LogP) is 2.50. The summed E-state index contributed by atoms with van der Waals surface area (Å²) in [7, 11) is 0. The Bertz CT molecular complexity index is 90.4. The second-order valence-electron chi connectivity index (χ2n) is 2.37. The number of rotatable bonds is 4. The summed E-state index contributed by atoms with van der Waals surface area (Å²) >= 11 is 10.5. The first-order valence-electron chi connectivity index (χ1n) is 3.81. The Hall–Kier alpha value is 1.40. The second-order valence-corrected chi connectivity index (χ2v) is 6.52. The average molecular weight is 226 g/mol. The molecule has 1 atom stereocenters. The second kappa shape index (κ2) is 6.87. The van der Waals surface area contributed by atoms with E-state index in [0.29, 0.717) is 0 Å². The molecule has 0 bridgehead atoms. The summed E-state index contributed by atoms with van der Waals surface area (Å²) in [5, 5.41) is 0.915. The quantitative estimate of drug-likeness (QED) is 0.578. The molecule has 0 amide bonds. The monoisotopic (exact) mass is 226 g/mol. The minimum atomic E-state index is 0.915. The van der Waals surface area contributed by atoms with Gasteiger partial charge in [-0.2, -0.15) is 47.9 Å². The van der Waals surface area contributed by atoms with Crippen LogP contribution in [0, 0.1) is 0 Å². The molecule has 0 aromatic carbocycles. The Morgan fingerprint density at radius 1 is 1.45 bits per heavy atom. The Morgan fingerprint density at radius 2 is 2.36 bits per heavy atom. The van der Waals surface area contributed by atoms with Gasteiger partial charge in [0.05, 0.1) is 0 Å². The lowest BCUT2D eigenvalue weighted by Crippen LogP contribution is -2.16. The lowest BCUT2D eigenvalue weighted by atomic mass is 10.5. The number of hydrogen-bond donors (Lipinski definition) is 1. The Balaban J connectivity index is 1.96. The SMILES string of the molecule is SCCSCC1CSCCS1. The van der Waals surface area contributed by atoms with Crippen LogP contribution in [0.1, 0.15) is 0 Å². The van der Waals surface area contributed by atoms with E-state index >= 15 is 0 Å². The molecule has 0 radical (unpaired) electrons. The van der Waals surface area contributed by atoms with Gasteiger partial charge in [0.15, 0.2) is 0 Å². The van der Waals surface area contributed by atoms with Gasteiger partial charge in [0, 0.05) is 34.0 Å². The highest BCUT2D eigenvalue weighted by Gasteiger charge is 2.13. The molecular formula is C7H14S4. The largest absolute Gasteiger partial charge is 0.179 e. The summed E-state index contributed by atoms with van der Waals surface area (Å²) < 4.78 is 0. The number of thiol groups is 1. The topological polar surface area (TPSA) is 0 Å². The maximum atomic E-state index is 4.19. The third-order valence-electron chi connectivity index (χ3n) is 1.42. The van der Waals surface area contributed by atoms with Gasteiger partial charge < -0.3 is 0 Å². The van der Waals surface area contributed by atoms with Crippen LogP contribution >= 0.6 is 47.9 Å². The van der Waals surface area contributed by atoms with E-state index in [-0.39, 0.29) is 0 Å². The van der Waals surface area contributed by atoms with E-state index in [1.165, 1.54) is 28.8 Å². The van der Waals surface area contributed by atoms with Gasteiger partial charge in [0.1, 0.15) is 0 Å². The lowest BCUT2D eigenvalue weighted by molar-refractivity contribution is 1.13. The fourth-order valence-electron chi connectivity index (χ4n) is 0.912. The Labute approximate surface area is 87.4 Å². The van der Waals surface area contributed by atoms with E-state index in [1.54, 1.807) is 0 Å². The van der Waals surface area contributed by atoms with Gasteiger partial charge in [-0.1, -0.05) is 0 Å². The van der Waals surface area contributed by atoms with Crippen LogP contribution in [0.25, 0.3) is 0 Å². The van der Waals surface area contributed by atoms with Crippen molar-refractivity contribution in [3.8, 4) is 0 Å². The minimum absolute atomic E-state index is 0.915. The van der Waals surface area contributed by atoms with Crippen LogP contribution in [0.2, 0.25) is 0 Å². The first-order chi connectivity index (χ1) is 5.43. The molecule has 1 rings (SSSR count). The van der Waals surface area contributed by atoms with Gasteiger partial charge in [0.2, 0.25) is 0 Å². The third kappa shape index (κ3) is 4.86. The van der Waals surface area contributed by atoms with Crippen LogP contribution in [0.5, 0.6) is 0 Å². The van der Waals surface area contributed by atoms with Gasteiger partial charge in [-0.3, -0.25) is 0 Å². The third-order valence-corrected chi connectivity index (χ3v) is 6.14. The van der Waals surface area contributed by atoms with Crippen LogP contribution in [-0.2, 0) is 0 Å². The summed E-state index contributed by atoms with van der Waals surface area (Å²) in [5.41, 5.74) is 0. The summed E-state index contributed by atoms with van der Waals surface area (Å²) in [6.45, 7) is 0. The van der Waals surface area contributed by atoms with Gasteiger partial charge in [-0.15, -0.1) is 0 Å². The average Bonchev–Trinajstić information content (AvgIpc) is 2.07. The highest BCUT2D eigenvalue weighted by atomic mass is 32.2. The smallest absolute Gasteiger partial charge is 0.0229 e. The zero-order chi connectivity index (χ0) is 7.94. The molecule has 0 nitrogen and oxygen atoms in total. The summed E-state index contributed by atoms with van der Waals surface area (Å²) in [6.07, 6.45) is 0. The van der Waals surface area contributed by atoms with E-state index < -0.39 is 0 Å². The molecule has 1 saturated heterocycles. The molecule has 11 heavy (non-hydrogen) atoms. The van der Waals surface area contributed by atoms with Crippen LogP contribution in [0.15, 0.2) is 0 Å². The highest BCUT2D eigenvalue weighted by Crippen LogP contribution is 2.26. The molecule has 0 aromatic rings. The zero-order valence-electron chi connectivity index (χ0n) is 6.49. The highest BCUT2D eigenvalue weighted by molar-refractivity contribution is 8.08. The van der Waals surface area contributed by atoms with Crippen molar-refractivity contribution in [3.05, 3.63) is 0 Å². The van der Waals surface area contributed by atoms with Crippen molar-refractivity contribution in [2.24, 2.45) is 0 Å². The summed E-state index contributed by atoms with van der Waals surface area (Å²) in [4.78, 5) is 0. The maximum absolute atomic E-state index is 4.19. The standard InChI is InChI=1S/C7H14S4/c8-1-2-9-5-7-6-10-3-4-11-7/h7-8H,1-6H2. The molecule has 0 saturated carbocycles. The van der Waals surface area contributed by atoms with E-state index in [4.69, 9.17) is 0 Å². The van der Waals surface area contributed by atoms with Gasteiger partial charge in [-0.05, 0) is 5.75 Å². The summed E-state index contributed by atoms with van der Waals surface area (Å²) in [5.74, 6) is 7.65. The summed E-state index contributed by atoms with van der Waals surface area (Å²) in [6, 6.07) is 0. The molecule has 0 aromatic heterocycles. The Morgan fingerprint density at radius 3 is 3.00 bits per heavy atom. The first-order valence-corrected chi connectivity index (χ1v) is 7.80. The molecular weight excluding hydrogens is 212 g/mol. The van der Waals surface area contributed by atoms with Crippen molar-refractivity contribution in [3.63, 3.8) is 0 Å². The normalized spacial score (nSPS) is 25.4. The first kappa shape index (κ1) is 10.5. The number of thioether (sulfide) groups is 3. The van der Waals surface area contributed by atoms with Crippen molar-refractivity contribution in [2.75, 3.05) is 34.5 Å².